The zero-order valence-electron chi connectivity index (χ0n) is 15.6. The summed E-state index contributed by atoms with van der Waals surface area (Å²) in [7, 11) is -3.42. The summed E-state index contributed by atoms with van der Waals surface area (Å²) in [5.74, 6) is -1.19. The number of carboxylic acids is 1. The molecule has 2 N–H and O–H groups in total. The molecule has 1 atom stereocenters. The Hall–Kier alpha value is -1.41. The summed E-state index contributed by atoms with van der Waals surface area (Å²) in [6.45, 7) is 8.93. The summed E-state index contributed by atoms with van der Waals surface area (Å²) in [6.07, 6.45) is -0.784. The van der Waals surface area contributed by atoms with E-state index in [9.17, 15) is 19.3 Å². The Balaban J connectivity index is 2.88. The maximum Gasteiger partial charge on any atom is 0.408 e. The summed E-state index contributed by atoms with van der Waals surface area (Å²) >= 11 is 1.23. The molecule has 26 heavy (non-hydrogen) atoms. The minimum absolute atomic E-state index is 0.0253. The number of hydrogen-bond donors (Lipinski definition) is 2. The Bertz CT molecular complexity index is 658. The van der Waals surface area contributed by atoms with Crippen LogP contribution in [0, 0.1) is 0 Å². The zero-order chi connectivity index (χ0) is 20.0. The molecule has 0 aliphatic carbocycles. The third-order valence-corrected chi connectivity index (χ3v) is 6.17. The highest BCUT2D eigenvalue weighted by Gasteiger charge is 2.30. The predicted octanol–water partition coefficient (Wildman–Crippen LogP) is 3.16. The van der Waals surface area contributed by atoms with Crippen molar-refractivity contribution in [2.75, 3.05) is 13.2 Å². The van der Waals surface area contributed by atoms with Crippen molar-refractivity contribution >= 4 is 36.3 Å². The fraction of sp³-hybridized carbons (Fsp3) is 0.625. The van der Waals surface area contributed by atoms with E-state index >= 15 is 0 Å². The molecule has 1 amide bonds. The number of carboxylic acid groups (broad SMARTS) is 1. The van der Waals surface area contributed by atoms with Crippen molar-refractivity contribution in [1.82, 2.24) is 5.32 Å². The van der Waals surface area contributed by atoms with Gasteiger partial charge in [-0.3, -0.25) is 4.57 Å². The first kappa shape index (κ1) is 22.6. The second-order valence-electron chi connectivity index (χ2n) is 6.35. The van der Waals surface area contributed by atoms with Gasteiger partial charge in [-0.1, -0.05) is 0 Å². The number of rotatable bonds is 9. The van der Waals surface area contributed by atoms with Crippen molar-refractivity contribution in [3.8, 4) is 0 Å². The number of carbonyl (C=O) groups excluding carboxylic acids is 1. The summed E-state index contributed by atoms with van der Waals surface area (Å²) in [5.41, 5.74) is -0.731. The van der Waals surface area contributed by atoms with E-state index in [4.69, 9.17) is 13.8 Å². The lowest BCUT2D eigenvalue weighted by Crippen LogP contribution is -2.44. The van der Waals surface area contributed by atoms with Gasteiger partial charge in [0.25, 0.3) is 0 Å². The Morgan fingerprint density at radius 1 is 1.27 bits per heavy atom. The molecule has 0 aliphatic rings. The van der Waals surface area contributed by atoms with E-state index in [0.717, 1.165) is 0 Å². The average Bonchev–Trinajstić information content (AvgIpc) is 2.94. The smallest absolute Gasteiger partial charge is 0.408 e. The van der Waals surface area contributed by atoms with Crippen molar-refractivity contribution in [3.05, 3.63) is 16.3 Å². The van der Waals surface area contributed by atoms with Crippen LogP contribution in [0.1, 0.15) is 39.5 Å². The maximum atomic E-state index is 12.7. The summed E-state index contributed by atoms with van der Waals surface area (Å²) in [4.78, 5) is 23.9. The number of amides is 1. The normalized spacial score (nSPS) is 13.3. The van der Waals surface area contributed by atoms with Crippen LogP contribution in [-0.4, -0.2) is 42.0 Å². The first-order valence-electron chi connectivity index (χ1n) is 8.20. The molecular weight excluding hydrogens is 381 g/mol. The number of aliphatic carboxylic acids is 1. The van der Waals surface area contributed by atoms with Gasteiger partial charge in [-0.25, -0.2) is 9.59 Å². The minimum atomic E-state index is -3.42. The molecule has 0 spiro atoms. The molecule has 1 aromatic rings. The molecule has 1 aromatic heterocycles. The minimum Gasteiger partial charge on any atom is -0.480 e. The molecular formula is C16H26NO7PS. The molecule has 1 rings (SSSR count). The molecule has 1 unspecified atom stereocenters. The van der Waals surface area contributed by atoms with Crippen LogP contribution in [0.3, 0.4) is 0 Å². The Labute approximate surface area is 157 Å². The third kappa shape index (κ3) is 7.07. The molecule has 0 aromatic carbocycles. The van der Waals surface area contributed by atoms with E-state index in [1.54, 1.807) is 46.1 Å². The average molecular weight is 407 g/mol. The van der Waals surface area contributed by atoms with Gasteiger partial charge in [-0.05, 0) is 40.7 Å². The molecule has 0 saturated carbocycles. The second-order valence-corrected chi connectivity index (χ2v) is 9.37. The molecule has 0 fully saturated rings. The number of carbonyl (C=O) groups is 2. The summed E-state index contributed by atoms with van der Waals surface area (Å²) < 4.78 is 28.4. The van der Waals surface area contributed by atoms with Gasteiger partial charge in [0.1, 0.15) is 11.6 Å². The SMILES string of the molecule is CCOP(=O)(OCC)c1csc(CC(NC(=O)OC(C)(C)C)C(=O)O)c1. The molecule has 1 heterocycles. The Morgan fingerprint density at radius 3 is 2.31 bits per heavy atom. The highest BCUT2D eigenvalue weighted by atomic mass is 32.1. The van der Waals surface area contributed by atoms with Gasteiger partial charge in [0, 0.05) is 16.7 Å². The van der Waals surface area contributed by atoms with Crippen LogP contribution >= 0.6 is 18.9 Å². The predicted molar refractivity (Wildman–Crippen MR) is 99.3 cm³/mol. The van der Waals surface area contributed by atoms with E-state index in [-0.39, 0.29) is 19.6 Å². The van der Waals surface area contributed by atoms with Crippen LogP contribution < -0.4 is 10.6 Å². The Kier molecular flexibility index (Phi) is 8.27. The lowest BCUT2D eigenvalue weighted by molar-refractivity contribution is -0.139. The van der Waals surface area contributed by atoms with Crippen LogP contribution in [0.2, 0.25) is 0 Å². The maximum absolute atomic E-state index is 12.7. The van der Waals surface area contributed by atoms with Crippen LogP contribution in [0.4, 0.5) is 4.79 Å². The fourth-order valence-corrected chi connectivity index (χ4v) is 4.92. The molecule has 10 heteroatoms. The molecule has 8 nitrogen and oxygen atoms in total. The molecule has 0 bridgehead atoms. The van der Waals surface area contributed by atoms with E-state index in [1.165, 1.54) is 11.3 Å². The second kappa shape index (κ2) is 9.50. The monoisotopic (exact) mass is 407 g/mol. The van der Waals surface area contributed by atoms with Gasteiger partial charge >= 0.3 is 19.7 Å². The van der Waals surface area contributed by atoms with E-state index in [2.05, 4.69) is 5.32 Å². The van der Waals surface area contributed by atoms with Crippen molar-refractivity contribution in [3.63, 3.8) is 0 Å². The highest BCUT2D eigenvalue weighted by Crippen LogP contribution is 2.47. The van der Waals surface area contributed by atoms with Gasteiger partial charge in [0.2, 0.25) is 0 Å². The standard InChI is InChI=1S/C16H26NO7PS/c1-6-22-25(21,23-7-2)11-8-12(26-10-11)9-13(14(18)19)17-15(20)24-16(3,4)5/h8,10,13H,6-7,9H2,1-5H3,(H,17,20)(H,18,19). The lowest BCUT2D eigenvalue weighted by atomic mass is 10.2. The fourth-order valence-electron chi connectivity index (χ4n) is 2.00. The van der Waals surface area contributed by atoms with E-state index < -0.39 is 31.3 Å². The van der Waals surface area contributed by atoms with Crippen LogP contribution in [0.15, 0.2) is 11.4 Å². The molecule has 0 radical (unpaired) electrons. The van der Waals surface area contributed by atoms with E-state index in [0.29, 0.717) is 10.2 Å². The van der Waals surface area contributed by atoms with Crippen LogP contribution in [0.5, 0.6) is 0 Å². The number of hydrogen-bond acceptors (Lipinski definition) is 7. The number of ether oxygens (including phenoxy) is 1. The van der Waals surface area contributed by atoms with Gasteiger partial charge in [0.05, 0.1) is 18.5 Å². The van der Waals surface area contributed by atoms with Crippen LogP contribution in [-0.2, 0) is 29.6 Å². The first-order valence-corrected chi connectivity index (χ1v) is 10.6. The lowest BCUT2D eigenvalue weighted by Gasteiger charge is -2.21. The largest absolute Gasteiger partial charge is 0.480 e. The van der Waals surface area contributed by atoms with E-state index in [1.807, 2.05) is 0 Å². The quantitative estimate of drug-likeness (QED) is 0.605. The first-order chi connectivity index (χ1) is 12.0. The van der Waals surface area contributed by atoms with Crippen molar-refractivity contribution < 1.29 is 33.0 Å². The van der Waals surface area contributed by atoms with Gasteiger partial charge in [-0.2, -0.15) is 0 Å². The Morgan fingerprint density at radius 2 is 1.85 bits per heavy atom. The van der Waals surface area contributed by atoms with Crippen molar-refractivity contribution in [2.45, 2.75) is 52.7 Å². The third-order valence-electron chi connectivity index (χ3n) is 2.95. The van der Waals surface area contributed by atoms with Crippen molar-refractivity contribution in [1.29, 1.82) is 0 Å². The molecule has 0 aliphatic heterocycles. The van der Waals surface area contributed by atoms with Crippen LogP contribution in [0.25, 0.3) is 0 Å². The highest BCUT2D eigenvalue weighted by molar-refractivity contribution is 7.62. The van der Waals surface area contributed by atoms with Gasteiger partial charge < -0.3 is 24.2 Å². The summed E-state index contributed by atoms with van der Waals surface area (Å²) in [6, 6.07) is 0.415. The zero-order valence-corrected chi connectivity index (χ0v) is 17.3. The number of alkyl carbamates (subject to hydrolysis) is 1. The topological polar surface area (TPSA) is 111 Å². The van der Waals surface area contributed by atoms with Crippen molar-refractivity contribution in [2.24, 2.45) is 0 Å². The van der Waals surface area contributed by atoms with Gasteiger partial charge in [-0.15, -0.1) is 11.3 Å². The summed E-state index contributed by atoms with van der Waals surface area (Å²) in [5, 5.41) is 13.7. The number of thiophene rings is 1. The number of nitrogens with one attached hydrogen (secondary N) is 1. The molecule has 148 valence electrons. The van der Waals surface area contributed by atoms with Gasteiger partial charge in [0.15, 0.2) is 0 Å². The molecule has 0 saturated heterocycles.